The van der Waals surface area contributed by atoms with Crippen LogP contribution in [-0.2, 0) is 11.3 Å². The minimum absolute atomic E-state index is 0.120. The van der Waals surface area contributed by atoms with E-state index in [-0.39, 0.29) is 11.8 Å². The highest BCUT2D eigenvalue weighted by Crippen LogP contribution is 2.22. The van der Waals surface area contributed by atoms with Crippen molar-refractivity contribution in [3.8, 4) is 0 Å². The number of furan rings is 1. The molecule has 5 rings (SSSR count). The van der Waals surface area contributed by atoms with Crippen molar-refractivity contribution < 1.29 is 23.4 Å². The first-order valence-corrected chi connectivity index (χ1v) is 11.8. The van der Waals surface area contributed by atoms with E-state index in [1.54, 1.807) is 30.1 Å². The van der Waals surface area contributed by atoms with Crippen LogP contribution >= 0.6 is 11.6 Å². The number of halogens is 1. The fourth-order valence-electron chi connectivity index (χ4n) is 4.65. The number of amides is 4. The van der Waals surface area contributed by atoms with Gasteiger partial charge in [0, 0.05) is 45.3 Å². The SMILES string of the molecule is CN1C(=O)C2C(=NC(CN3CCN(C(=O)c4ccco4)CC3)=[N+]2Cc2cccc(Cl)c2)N(C)C1=O. The maximum atomic E-state index is 13.1. The number of rotatable bonds is 5. The van der Waals surface area contributed by atoms with Crippen molar-refractivity contribution in [3.63, 3.8) is 0 Å². The average Bonchev–Trinajstić information content (AvgIpc) is 3.51. The van der Waals surface area contributed by atoms with Crippen LogP contribution in [0.2, 0.25) is 5.02 Å². The van der Waals surface area contributed by atoms with Gasteiger partial charge >= 0.3 is 11.9 Å². The van der Waals surface area contributed by atoms with Gasteiger partial charge in [-0.25, -0.2) is 9.37 Å². The Balaban J connectivity index is 1.38. The van der Waals surface area contributed by atoms with Crippen LogP contribution < -0.4 is 0 Å². The number of hydrogen-bond donors (Lipinski definition) is 0. The van der Waals surface area contributed by atoms with Gasteiger partial charge in [0.2, 0.25) is 0 Å². The van der Waals surface area contributed by atoms with Crippen molar-refractivity contribution in [1.82, 2.24) is 19.6 Å². The van der Waals surface area contributed by atoms with Gasteiger partial charge < -0.3 is 9.32 Å². The molecule has 0 radical (unpaired) electrons. The molecule has 4 amide bonds. The standard InChI is InChI=1S/C24H26ClN6O4/c1-27-21-20(23(33)28(2)24(27)34)31(14-16-5-3-6-17(25)13-16)19(26-21)15-29-8-10-30(11-9-29)22(32)18-7-4-12-35-18/h3-7,12-13,20H,8-11,14-15H2,1-2H3/q+1. The third kappa shape index (κ3) is 4.35. The first-order chi connectivity index (χ1) is 16.8. The lowest BCUT2D eigenvalue weighted by Crippen LogP contribution is -2.61. The van der Waals surface area contributed by atoms with Crippen LogP contribution in [0.5, 0.6) is 0 Å². The predicted molar refractivity (Wildman–Crippen MR) is 129 cm³/mol. The molecule has 0 saturated carbocycles. The number of hydrogen-bond acceptors (Lipinski definition) is 6. The third-order valence-electron chi connectivity index (χ3n) is 6.61. The van der Waals surface area contributed by atoms with E-state index in [0.29, 0.717) is 61.7 Å². The summed E-state index contributed by atoms with van der Waals surface area (Å²) in [5, 5.41) is 0.612. The van der Waals surface area contributed by atoms with Gasteiger partial charge in [-0.3, -0.25) is 24.3 Å². The highest BCUT2D eigenvalue weighted by Gasteiger charge is 2.53. The van der Waals surface area contributed by atoms with Gasteiger partial charge in [-0.2, -0.15) is 0 Å². The summed E-state index contributed by atoms with van der Waals surface area (Å²) in [4.78, 5) is 49.6. The van der Waals surface area contributed by atoms with Gasteiger partial charge in [0.1, 0.15) is 13.1 Å². The van der Waals surface area contributed by atoms with Crippen molar-refractivity contribution in [2.24, 2.45) is 4.99 Å². The molecule has 2 fully saturated rings. The van der Waals surface area contributed by atoms with Crippen molar-refractivity contribution in [2.45, 2.75) is 12.6 Å². The Morgan fingerprint density at radius 1 is 1.11 bits per heavy atom. The summed E-state index contributed by atoms with van der Waals surface area (Å²) < 4.78 is 7.19. The van der Waals surface area contributed by atoms with Gasteiger partial charge in [0.15, 0.2) is 5.76 Å². The highest BCUT2D eigenvalue weighted by atomic mass is 35.5. The molecule has 11 heteroatoms. The molecule has 0 aliphatic carbocycles. The lowest BCUT2D eigenvalue weighted by atomic mass is 10.1. The number of fused-ring (bicyclic) bond motifs is 1. The van der Waals surface area contributed by atoms with E-state index >= 15 is 0 Å². The number of carbonyl (C=O) groups is 3. The maximum Gasteiger partial charge on any atom is 0.333 e. The molecule has 2 aromatic rings. The molecule has 1 aromatic carbocycles. The number of carbonyl (C=O) groups excluding carboxylic acids is 3. The Bertz CT molecular complexity index is 1230. The number of urea groups is 1. The minimum Gasteiger partial charge on any atom is -0.459 e. The van der Waals surface area contributed by atoms with Gasteiger partial charge in [-0.1, -0.05) is 23.7 Å². The monoisotopic (exact) mass is 497 g/mol. The predicted octanol–water partition coefficient (Wildman–Crippen LogP) is 1.61. The first-order valence-electron chi connectivity index (χ1n) is 11.4. The summed E-state index contributed by atoms with van der Waals surface area (Å²) >= 11 is 6.20. The van der Waals surface area contributed by atoms with Crippen LogP contribution in [0.25, 0.3) is 0 Å². The minimum atomic E-state index is -0.682. The summed E-state index contributed by atoms with van der Waals surface area (Å²) in [7, 11) is 3.12. The Hall–Kier alpha value is -3.50. The van der Waals surface area contributed by atoms with Gasteiger partial charge in [0.25, 0.3) is 23.7 Å². The van der Waals surface area contributed by atoms with E-state index in [9.17, 15) is 14.4 Å². The number of nitrogens with zero attached hydrogens (tertiary/aromatic N) is 6. The molecule has 4 heterocycles. The maximum absolute atomic E-state index is 13.1. The number of amidine groups is 2. The molecular weight excluding hydrogens is 472 g/mol. The van der Waals surface area contributed by atoms with E-state index in [1.807, 2.05) is 22.8 Å². The molecule has 182 valence electrons. The van der Waals surface area contributed by atoms with E-state index in [2.05, 4.69) is 4.90 Å². The fourth-order valence-corrected chi connectivity index (χ4v) is 4.87. The van der Waals surface area contributed by atoms with Crippen LogP contribution in [-0.4, -0.2) is 107 Å². The Kier molecular flexibility index (Phi) is 6.16. The number of benzene rings is 1. The Morgan fingerprint density at radius 3 is 2.57 bits per heavy atom. The largest absolute Gasteiger partial charge is 0.459 e. The van der Waals surface area contributed by atoms with Crippen LogP contribution in [0.3, 0.4) is 0 Å². The van der Waals surface area contributed by atoms with Crippen molar-refractivity contribution in [2.75, 3.05) is 46.8 Å². The van der Waals surface area contributed by atoms with Crippen molar-refractivity contribution in [3.05, 3.63) is 59.0 Å². The molecule has 1 unspecified atom stereocenters. The van der Waals surface area contributed by atoms with Gasteiger partial charge in [-0.05, 0) is 34.8 Å². The number of likely N-dealkylation sites (N-methyl/N-ethyl adjacent to an activating group) is 2. The van der Waals surface area contributed by atoms with Gasteiger partial charge in [-0.15, -0.1) is 0 Å². The zero-order chi connectivity index (χ0) is 24.7. The molecule has 0 N–H and O–H groups in total. The second-order valence-electron chi connectivity index (χ2n) is 8.83. The van der Waals surface area contributed by atoms with E-state index in [1.165, 1.54) is 18.2 Å². The molecule has 0 spiro atoms. The normalized spacial score (nSPS) is 21.1. The summed E-state index contributed by atoms with van der Waals surface area (Å²) in [6.07, 6.45) is 1.49. The van der Waals surface area contributed by atoms with Crippen LogP contribution in [0.1, 0.15) is 16.1 Å². The molecule has 1 aromatic heterocycles. The van der Waals surface area contributed by atoms with E-state index in [4.69, 9.17) is 21.0 Å². The molecule has 0 bridgehead atoms. The van der Waals surface area contributed by atoms with E-state index < -0.39 is 12.1 Å². The molecule has 1 atom stereocenters. The van der Waals surface area contributed by atoms with Crippen molar-refractivity contribution in [1.29, 1.82) is 0 Å². The van der Waals surface area contributed by atoms with E-state index in [0.717, 1.165) is 10.5 Å². The third-order valence-corrected chi connectivity index (χ3v) is 6.85. The number of piperazine rings is 1. The molecule has 3 aliphatic heterocycles. The lowest BCUT2D eigenvalue weighted by molar-refractivity contribution is -0.552. The lowest BCUT2D eigenvalue weighted by Gasteiger charge is -2.33. The second kappa shape index (κ2) is 9.27. The smallest absolute Gasteiger partial charge is 0.333 e. The average molecular weight is 498 g/mol. The highest BCUT2D eigenvalue weighted by molar-refractivity contribution is 6.30. The Morgan fingerprint density at radius 2 is 1.89 bits per heavy atom. The summed E-state index contributed by atoms with van der Waals surface area (Å²) in [5.41, 5.74) is 0.940. The van der Waals surface area contributed by atoms with Crippen LogP contribution in [0.4, 0.5) is 4.79 Å². The summed E-state index contributed by atoms with van der Waals surface area (Å²) in [5.74, 6) is 1.05. The van der Waals surface area contributed by atoms with Crippen LogP contribution in [0, 0.1) is 0 Å². The second-order valence-corrected chi connectivity index (χ2v) is 9.27. The van der Waals surface area contributed by atoms with Crippen LogP contribution in [0.15, 0.2) is 52.1 Å². The topological polar surface area (TPSA) is 92.7 Å². The fraction of sp³-hybridized carbons (Fsp3) is 0.375. The Labute approximate surface area is 207 Å². The number of aliphatic imine (C=N–C) groups is 1. The molecule has 35 heavy (non-hydrogen) atoms. The van der Waals surface area contributed by atoms with Crippen molar-refractivity contribution >= 4 is 41.1 Å². The quantitative estimate of drug-likeness (QED) is 0.585. The zero-order valence-electron chi connectivity index (χ0n) is 19.6. The molecule has 3 aliphatic rings. The summed E-state index contributed by atoms with van der Waals surface area (Å²) in [6, 6.07) is 9.77. The zero-order valence-corrected chi connectivity index (χ0v) is 20.3. The van der Waals surface area contributed by atoms with Gasteiger partial charge in [0.05, 0.1) is 6.26 Å². The first kappa shape index (κ1) is 23.3. The molecule has 10 nitrogen and oxygen atoms in total. The summed E-state index contributed by atoms with van der Waals surface area (Å²) in [6.45, 7) is 3.33. The molecule has 2 saturated heterocycles. The molecular formula is C24H26ClN6O4+. The number of imide groups is 1.